The van der Waals surface area contributed by atoms with Crippen LogP contribution in [0, 0.1) is 17.8 Å². The molecule has 6 aromatic carbocycles. The fourth-order valence-electron chi connectivity index (χ4n) is 10.1. The van der Waals surface area contributed by atoms with Gasteiger partial charge in [-0.25, -0.2) is 0 Å². The van der Waals surface area contributed by atoms with Gasteiger partial charge in [0.05, 0.1) is 10.4 Å². The highest BCUT2D eigenvalue weighted by molar-refractivity contribution is 7.26. The molecule has 2 heteroatoms. The van der Waals surface area contributed by atoms with Crippen molar-refractivity contribution >= 4 is 48.6 Å². The van der Waals surface area contributed by atoms with E-state index in [1.807, 2.05) is 11.3 Å². The average molecular weight is 638 g/mol. The number of thiophene rings is 1. The molecule has 48 heavy (non-hydrogen) atoms. The van der Waals surface area contributed by atoms with Gasteiger partial charge in [-0.15, -0.1) is 11.3 Å². The third kappa shape index (κ3) is 4.72. The van der Waals surface area contributed by atoms with E-state index < -0.39 is 0 Å². The minimum absolute atomic E-state index is 0.357. The Morgan fingerprint density at radius 2 is 1.04 bits per heavy atom. The smallest absolute Gasteiger partial charge is 0.0640 e. The number of hydrogen-bond donors (Lipinski definition) is 0. The Labute approximate surface area is 287 Å². The molecule has 0 atom stereocenters. The van der Waals surface area contributed by atoms with E-state index in [9.17, 15) is 0 Å². The summed E-state index contributed by atoms with van der Waals surface area (Å²) >= 11 is 1.92. The van der Waals surface area contributed by atoms with Gasteiger partial charge in [-0.3, -0.25) is 0 Å². The van der Waals surface area contributed by atoms with E-state index in [2.05, 4.69) is 150 Å². The SMILES string of the molecule is c1ccc(-c2ccc(-c3ccc(N(c4cccc(C56CC7CC(CC(C7)C5)C6)c4)c4cccc5c4sc4ccccc45)cc3)cc2)cc1. The van der Waals surface area contributed by atoms with Crippen molar-refractivity contribution in [3.63, 3.8) is 0 Å². The lowest BCUT2D eigenvalue weighted by atomic mass is 9.48. The molecule has 4 fully saturated rings. The van der Waals surface area contributed by atoms with Crippen molar-refractivity contribution < 1.29 is 0 Å². The lowest BCUT2D eigenvalue weighted by molar-refractivity contribution is -0.00516. The van der Waals surface area contributed by atoms with E-state index in [0.717, 1.165) is 17.8 Å². The first-order valence-electron chi connectivity index (χ1n) is 17.8. The Bertz CT molecular complexity index is 2230. The Balaban J connectivity index is 1.08. The van der Waals surface area contributed by atoms with E-state index in [1.165, 1.54) is 98.0 Å². The fourth-order valence-corrected chi connectivity index (χ4v) is 11.3. The first-order valence-corrected chi connectivity index (χ1v) is 18.6. The van der Waals surface area contributed by atoms with Gasteiger partial charge in [-0.1, -0.05) is 109 Å². The van der Waals surface area contributed by atoms with E-state index in [0.29, 0.717) is 5.41 Å². The molecular weight excluding hydrogens is 599 g/mol. The summed E-state index contributed by atoms with van der Waals surface area (Å²) in [5, 5.41) is 2.68. The lowest BCUT2D eigenvalue weighted by Crippen LogP contribution is -2.48. The number of benzene rings is 6. The zero-order chi connectivity index (χ0) is 31.7. The van der Waals surface area contributed by atoms with Gasteiger partial charge in [0.1, 0.15) is 0 Å². The van der Waals surface area contributed by atoms with E-state index in [-0.39, 0.29) is 0 Å². The molecular formula is C46H39NS. The van der Waals surface area contributed by atoms with Crippen molar-refractivity contribution in [2.24, 2.45) is 17.8 Å². The van der Waals surface area contributed by atoms with Crippen molar-refractivity contribution in [1.29, 1.82) is 0 Å². The van der Waals surface area contributed by atoms with Crippen molar-refractivity contribution in [2.45, 2.75) is 43.9 Å². The van der Waals surface area contributed by atoms with E-state index >= 15 is 0 Å². The number of fused-ring (bicyclic) bond motifs is 3. The molecule has 234 valence electrons. The molecule has 1 aromatic heterocycles. The monoisotopic (exact) mass is 637 g/mol. The molecule has 4 saturated carbocycles. The van der Waals surface area contributed by atoms with Gasteiger partial charge in [0.2, 0.25) is 0 Å². The van der Waals surface area contributed by atoms with Crippen molar-refractivity contribution in [3.8, 4) is 22.3 Å². The normalized spacial score (nSPS) is 22.8. The maximum absolute atomic E-state index is 2.56. The quantitative estimate of drug-likeness (QED) is 0.175. The first-order chi connectivity index (χ1) is 23.7. The summed E-state index contributed by atoms with van der Waals surface area (Å²) in [5.74, 6) is 2.79. The molecule has 0 amide bonds. The third-order valence-corrected chi connectivity index (χ3v) is 13.0. The minimum Gasteiger partial charge on any atom is -0.309 e. The number of nitrogens with zero attached hydrogens (tertiary/aromatic N) is 1. The van der Waals surface area contributed by atoms with Gasteiger partial charge < -0.3 is 4.90 Å². The van der Waals surface area contributed by atoms with Gasteiger partial charge >= 0.3 is 0 Å². The van der Waals surface area contributed by atoms with Gasteiger partial charge in [0.25, 0.3) is 0 Å². The number of anilines is 3. The second-order valence-electron chi connectivity index (χ2n) is 14.8. The van der Waals surface area contributed by atoms with Gasteiger partial charge in [0.15, 0.2) is 0 Å². The highest BCUT2D eigenvalue weighted by atomic mass is 32.1. The molecule has 11 rings (SSSR count). The van der Waals surface area contributed by atoms with Gasteiger partial charge in [-0.2, -0.15) is 0 Å². The topological polar surface area (TPSA) is 3.24 Å². The van der Waals surface area contributed by atoms with Crippen molar-refractivity contribution in [2.75, 3.05) is 4.90 Å². The lowest BCUT2D eigenvalue weighted by Gasteiger charge is -2.57. The minimum atomic E-state index is 0.357. The van der Waals surface area contributed by atoms with Crippen LogP contribution in [-0.4, -0.2) is 0 Å². The molecule has 1 nitrogen and oxygen atoms in total. The molecule has 0 spiro atoms. The van der Waals surface area contributed by atoms with Crippen LogP contribution in [0.1, 0.15) is 44.1 Å². The molecule has 4 bridgehead atoms. The van der Waals surface area contributed by atoms with Crippen LogP contribution >= 0.6 is 11.3 Å². The fraction of sp³-hybridized carbons (Fsp3) is 0.217. The van der Waals surface area contributed by atoms with Crippen LogP contribution in [0.5, 0.6) is 0 Å². The Morgan fingerprint density at radius 3 is 1.73 bits per heavy atom. The van der Waals surface area contributed by atoms with Crippen LogP contribution < -0.4 is 4.90 Å². The van der Waals surface area contributed by atoms with Crippen LogP contribution in [0.15, 0.2) is 146 Å². The van der Waals surface area contributed by atoms with Crippen molar-refractivity contribution in [1.82, 2.24) is 0 Å². The predicted molar refractivity (Wildman–Crippen MR) is 205 cm³/mol. The maximum Gasteiger partial charge on any atom is 0.0640 e. The second-order valence-corrected chi connectivity index (χ2v) is 15.9. The zero-order valence-electron chi connectivity index (χ0n) is 27.2. The summed E-state index contributed by atoms with van der Waals surface area (Å²) in [6.07, 6.45) is 8.56. The van der Waals surface area contributed by atoms with Crippen LogP contribution in [0.25, 0.3) is 42.4 Å². The molecule has 1 heterocycles. The summed E-state index contributed by atoms with van der Waals surface area (Å²) in [4.78, 5) is 2.53. The molecule has 7 aromatic rings. The maximum atomic E-state index is 2.56. The van der Waals surface area contributed by atoms with Crippen LogP contribution in [0.4, 0.5) is 17.1 Å². The number of rotatable bonds is 6. The van der Waals surface area contributed by atoms with Crippen LogP contribution in [0.2, 0.25) is 0 Å². The Morgan fingerprint density at radius 1 is 0.479 bits per heavy atom. The molecule has 0 saturated heterocycles. The largest absolute Gasteiger partial charge is 0.309 e. The highest BCUT2D eigenvalue weighted by Crippen LogP contribution is 2.61. The van der Waals surface area contributed by atoms with E-state index in [4.69, 9.17) is 0 Å². The predicted octanol–water partition coefficient (Wildman–Crippen LogP) is 13.3. The average Bonchev–Trinajstić information content (AvgIpc) is 3.52. The standard InChI is InChI=1S/C46H39NS/c1-2-8-34(9-3-1)35-16-18-36(19-17-35)37-20-22-39(23-21-37)47(43-14-7-13-42-41-12-4-5-15-44(41)48-45(42)43)40-11-6-10-38(27-40)46-28-31-24-32(29-46)26-33(25-31)30-46/h1-23,27,31-33H,24-26,28-30H2. The molecule has 4 aliphatic carbocycles. The summed E-state index contributed by atoms with van der Waals surface area (Å²) in [7, 11) is 0. The summed E-state index contributed by atoms with van der Waals surface area (Å²) in [5.41, 5.74) is 10.6. The summed E-state index contributed by atoms with van der Waals surface area (Å²) in [6, 6.07) is 54.3. The Kier molecular flexibility index (Phi) is 6.62. The van der Waals surface area contributed by atoms with Crippen LogP contribution in [0.3, 0.4) is 0 Å². The first kappa shape index (κ1) is 28.4. The zero-order valence-corrected chi connectivity index (χ0v) is 28.0. The molecule has 4 aliphatic rings. The second kappa shape index (κ2) is 11.2. The molecule has 0 aliphatic heterocycles. The van der Waals surface area contributed by atoms with Gasteiger partial charge in [0, 0.05) is 26.8 Å². The Hall–Kier alpha value is -4.66. The van der Waals surface area contributed by atoms with E-state index in [1.54, 1.807) is 5.56 Å². The van der Waals surface area contributed by atoms with Crippen LogP contribution in [-0.2, 0) is 5.41 Å². The molecule has 0 N–H and O–H groups in total. The molecule has 0 unspecified atom stereocenters. The third-order valence-electron chi connectivity index (χ3n) is 11.8. The number of hydrogen-bond acceptors (Lipinski definition) is 2. The van der Waals surface area contributed by atoms with Gasteiger partial charge in [-0.05, 0) is 126 Å². The summed E-state index contributed by atoms with van der Waals surface area (Å²) < 4.78 is 2.69. The summed E-state index contributed by atoms with van der Waals surface area (Å²) in [6.45, 7) is 0. The van der Waals surface area contributed by atoms with Crippen molar-refractivity contribution in [3.05, 3.63) is 151 Å². The highest BCUT2D eigenvalue weighted by Gasteiger charge is 2.51. The molecule has 0 radical (unpaired) electrons.